The lowest BCUT2D eigenvalue weighted by Crippen LogP contribution is -2.32. The molecular formula is C16H15Cl2NO3. The fourth-order valence-electron chi connectivity index (χ4n) is 2.57. The number of amides is 1. The number of furan rings is 1. The number of carbonyl (C=O) groups excluding carboxylic acids is 1. The van der Waals surface area contributed by atoms with Crippen molar-refractivity contribution < 1.29 is 14.3 Å². The Kier molecular flexibility index (Phi) is 4.43. The lowest BCUT2D eigenvalue weighted by atomic mass is 10.1. The fraction of sp³-hybridized carbons (Fsp3) is 0.312. The highest BCUT2D eigenvalue weighted by Gasteiger charge is 2.44. The Morgan fingerprint density at radius 3 is 2.82 bits per heavy atom. The zero-order valence-electron chi connectivity index (χ0n) is 11.6. The van der Waals surface area contributed by atoms with Gasteiger partial charge in [0.25, 0.3) is 0 Å². The summed E-state index contributed by atoms with van der Waals surface area (Å²) >= 11 is 11.9. The highest BCUT2D eigenvalue weighted by Crippen LogP contribution is 2.48. The van der Waals surface area contributed by atoms with Crippen molar-refractivity contribution in [2.45, 2.75) is 18.4 Å². The largest absolute Gasteiger partial charge is 0.467 e. The molecule has 1 aliphatic carbocycles. The van der Waals surface area contributed by atoms with Crippen molar-refractivity contribution in [3.05, 3.63) is 58.0 Å². The van der Waals surface area contributed by atoms with Gasteiger partial charge in [-0.1, -0.05) is 29.3 Å². The fourth-order valence-corrected chi connectivity index (χ4v) is 2.88. The summed E-state index contributed by atoms with van der Waals surface area (Å²) in [5.41, 5.74) is 1.01. The van der Waals surface area contributed by atoms with E-state index in [1.54, 1.807) is 24.3 Å². The molecule has 1 aromatic carbocycles. The molecule has 2 N–H and O–H groups in total. The molecule has 22 heavy (non-hydrogen) atoms. The number of hydrogen-bond acceptors (Lipinski definition) is 3. The maximum atomic E-state index is 12.3. The van der Waals surface area contributed by atoms with Gasteiger partial charge in [0.15, 0.2) is 0 Å². The molecule has 1 amide bonds. The third kappa shape index (κ3) is 3.14. The molecule has 1 aliphatic rings. The Hall–Kier alpha value is -1.49. The Bertz CT molecular complexity index is 672. The molecule has 0 radical (unpaired) electrons. The summed E-state index contributed by atoms with van der Waals surface area (Å²) in [6.07, 6.45) is 2.28. The molecule has 116 valence electrons. The monoisotopic (exact) mass is 339 g/mol. The van der Waals surface area contributed by atoms with E-state index >= 15 is 0 Å². The second-order valence-corrected chi connectivity index (χ2v) is 6.20. The molecule has 3 unspecified atom stereocenters. The summed E-state index contributed by atoms with van der Waals surface area (Å²) in [5, 5.41) is 13.2. The van der Waals surface area contributed by atoms with Gasteiger partial charge in [-0.15, -0.1) is 0 Å². The van der Waals surface area contributed by atoms with Crippen LogP contribution in [0.25, 0.3) is 0 Å². The Balaban J connectivity index is 1.64. The number of carbonyl (C=O) groups is 1. The molecule has 1 aromatic heterocycles. The number of aliphatic hydroxyl groups is 1. The quantitative estimate of drug-likeness (QED) is 0.875. The van der Waals surface area contributed by atoms with Gasteiger partial charge in [0.2, 0.25) is 5.91 Å². The zero-order chi connectivity index (χ0) is 15.7. The molecular weight excluding hydrogens is 325 g/mol. The summed E-state index contributed by atoms with van der Waals surface area (Å²) in [7, 11) is 0. The molecule has 1 fully saturated rings. The Morgan fingerprint density at radius 2 is 2.18 bits per heavy atom. The number of halogens is 2. The van der Waals surface area contributed by atoms with Gasteiger partial charge in [-0.25, -0.2) is 0 Å². The first-order valence-corrected chi connectivity index (χ1v) is 7.75. The van der Waals surface area contributed by atoms with Crippen LogP contribution in [0.3, 0.4) is 0 Å². The number of hydrogen-bond donors (Lipinski definition) is 2. The topological polar surface area (TPSA) is 62.5 Å². The molecule has 4 nitrogen and oxygen atoms in total. The van der Waals surface area contributed by atoms with Crippen LogP contribution in [0.5, 0.6) is 0 Å². The van der Waals surface area contributed by atoms with Gasteiger partial charge in [0, 0.05) is 5.92 Å². The number of nitrogens with one attached hydrogen (secondary N) is 1. The van der Waals surface area contributed by atoms with Crippen LogP contribution in [0.15, 0.2) is 41.0 Å². The summed E-state index contributed by atoms with van der Waals surface area (Å²) in [5.74, 6) is 0.487. The van der Waals surface area contributed by atoms with Crippen molar-refractivity contribution in [1.82, 2.24) is 5.32 Å². The lowest BCUT2D eigenvalue weighted by molar-refractivity contribution is -0.123. The summed E-state index contributed by atoms with van der Waals surface area (Å²) < 4.78 is 5.22. The van der Waals surface area contributed by atoms with E-state index in [0.717, 1.165) is 12.0 Å². The highest BCUT2D eigenvalue weighted by molar-refractivity contribution is 6.42. The van der Waals surface area contributed by atoms with Gasteiger partial charge in [-0.05, 0) is 42.2 Å². The van der Waals surface area contributed by atoms with Crippen LogP contribution in [0.2, 0.25) is 10.0 Å². The summed E-state index contributed by atoms with van der Waals surface area (Å²) in [4.78, 5) is 12.3. The van der Waals surface area contributed by atoms with Gasteiger partial charge in [0.1, 0.15) is 11.8 Å². The smallest absolute Gasteiger partial charge is 0.224 e. The molecule has 0 saturated heterocycles. The van der Waals surface area contributed by atoms with Crippen molar-refractivity contribution in [2.75, 3.05) is 6.61 Å². The third-order valence-corrected chi connectivity index (χ3v) is 4.62. The SMILES string of the molecule is O=C(NC(CO)c1ccco1)C1CC1c1ccc(Cl)c(Cl)c1. The van der Waals surface area contributed by atoms with Crippen molar-refractivity contribution in [3.63, 3.8) is 0 Å². The third-order valence-electron chi connectivity index (χ3n) is 3.88. The van der Waals surface area contributed by atoms with Crippen LogP contribution >= 0.6 is 23.2 Å². The van der Waals surface area contributed by atoms with Crippen LogP contribution in [-0.4, -0.2) is 17.6 Å². The van der Waals surface area contributed by atoms with E-state index in [0.29, 0.717) is 15.8 Å². The second kappa shape index (κ2) is 6.32. The lowest BCUT2D eigenvalue weighted by Gasteiger charge is -2.14. The Morgan fingerprint density at radius 1 is 1.36 bits per heavy atom. The van der Waals surface area contributed by atoms with E-state index < -0.39 is 6.04 Å². The van der Waals surface area contributed by atoms with Crippen molar-refractivity contribution in [2.24, 2.45) is 5.92 Å². The maximum absolute atomic E-state index is 12.3. The molecule has 3 rings (SSSR count). The molecule has 0 spiro atoms. The maximum Gasteiger partial charge on any atom is 0.224 e. The van der Waals surface area contributed by atoms with Gasteiger partial charge >= 0.3 is 0 Å². The number of benzene rings is 1. The van der Waals surface area contributed by atoms with Gasteiger partial charge < -0.3 is 14.8 Å². The molecule has 1 heterocycles. The van der Waals surface area contributed by atoms with E-state index in [1.807, 2.05) is 6.07 Å². The van der Waals surface area contributed by atoms with Gasteiger partial charge in [-0.3, -0.25) is 4.79 Å². The van der Waals surface area contributed by atoms with E-state index in [9.17, 15) is 9.90 Å². The first-order valence-electron chi connectivity index (χ1n) is 6.99. The number of aliphatic hydroxyl groups excluding tert-OH is 1. The average Bonchev–Trinajstić information content (AvgIpc) is 3.13. The van der Waals surface area contributed by atoms with E-state index in [-0.39, 0.29) is 24.3 Å². The van der Waals surface area contributed by atoms with Gasteiger partial charge in [-0.2, -0.15) is 0 Å². The van der Waals surface area contributed by atoms with E-state index in [4.69, 9.17) is 27.6 Å². The van der Waals surface area contributed by atoms with E-state index in [1.165, 1.54) is 6.26 Å². The molecule has 6 heteroatoms. The molecule has 0 bridgehead atoms. The van der Waals surface area contributed by atoms with Crippen molar-refractivity contribution in [1.29, 1.82) is 0 Å². The summed E-state index contributed by atoms with van der Waals surface area (Å²) in [6.45, 7) is -0.205. The van der Waals surface area contributed by atoms with Crippen LogP contribution < -0.4 is 5.32 Å². The Labute approximate surface area is 138 Å². The van der Waals surface area contributed by atoms with E-state index in [2.05, 4.69) is 5.32 Å². The minimum Gasteiger partial charge on any atom is -0.467 e. The highest BCUT2D eigenvalue weighted by atomic mass is 35.5. The van der Waals surface area contributed by atoms with Crippen LogP contribution in [0.1, 0.15) is 29.7 Å². The predicted octanol–water partition coefficient (Wildman–Crippen LogP) is 3.54. The zero-order valence-corrected chi connectivity index (χ0v) is 13.1. The standard InChI is InChI=1S/C16H15Cl2NO3/c17-12-4-3-9(6-13(12)18)10-7-11(10)16(21)19-14(8-20)15-2-1-5-22-15/h1-6,10-11,14,20H,7-8H2,(H,19,21). The van der Waals surface area contributed by atoms with Crippen molar-refractivity contribution in [3.8, 4) is 0 Å². The molecule has 1 saturated carbocycles. The molecule has 2 aromatic rings. The first-order chi connectivity index (χ1) is 10.6. The van der Waals surface area contributed by atoms with Crippen LogP contribution in [-0.2, 0) is 4.79 Å². The normalized spacial score (nSPS) is 21.4. The van der Waals surface area contributed by atoms with Crippen LogP contribution in [0.4, 0.5) is 0 Å². The summed E-state index contributed by atoms with van der Waals surface area (Å²) in [6, 6.07) is 8.37. The van der Waals surface area contributed by atoms with Crippen molar-refractivity contribution >= 4 is 29.1 Å². The number of rotatable bonds is 5. The first kappa shape index (κ1) is 15.4. The molecule has 0 aliphatic heterocycles. The molecule has 3 atom stereocenters. The van der Waals surface area contributed by atoms with Crippen LogP contribution in [0, 0.1) is 5.92 Å². The second-order valence-electron chi connectivity index (χ2n) is 5.38. The minimum atomic E-state index is -0.516. The minimum absolute atomic E-state index is 0.0912. The van der Waals surface area contributed by atoms with Gasteiger partial charge in [0.05, 0.1) is 22.9 Å². The predicted molar refractivity (Wildman–Crippen MR) is 84.0 cm³/mol. The average molecular weight is 340 g/mol.